The van der Waals surface area contributed by atoms with E-state index in [1.54, 1.807) is 13.0 Å². The van der Waals surface area contributed by atoms with E-state index in [0.717, 1.165) is 12.0 Å². The van der Waals surface area contributed by atoms with Crippen LogP contribution in [-0.2, 0) is 6.42 Å². The number of benzene rings is 1. The monoisotopic (exact) mass is 207 g/mol. The molecule has 1 aromatic carbocycles. The largest absolute Gasteiger partial charge is 0.493 e. The van der Waals surface area contributed by atoms with E-state index in [4.69, 9.17) is 10.5 Å². The highest BCUT2D eigenvalue weighted by molar-refractivity contribution is 5.99. The molecule has 3 heteroatoms. The van der Waals surface area contributed by atoms with E-state index in [1.165, 1.54) is 0 Å². The second-order valence-corrected chi connectivity index (χ2v) is 3.40. The minimum absolute atomic E-state index is 0.0234. The molecule has 0 aromatic heterocycles. The molecule has 0 amide bonds. The Balaban J connectivity index is 3.33. The Morgan fingerprint density at radius 1 is 1.40 bits per heavy atom. The summed E-state index contributed by atoms with van der Waals surface area (Å²) in [7, 11) is 0. The highest BCUT2D eigenvalue weighted by Gasteiger charge is 2.13. The van der Waals surface area contributed by atoms with Gasteiger partial charge in [0.1, 0.15) is 5.75 Å². The van der Waals surface area contributed by atoms with Crippen LogP contribution < -0.4 is 10.5 Å². The van der Waals surface area contributed by atoms with Gasteiger partial charge in [-0.1, -0.05) is 6.92 Å². The molecule has 2 N–H and O–H groups in total. The average Bonchev–Trinajstić information content (AvgIpc) is 2.16. The maximum absolute atomic E-state index is 11.5. The smallest absolute Gasteiger partial charge is 0.163 e. The number of rotatable bonds is 4. The van der Waals surface area contributed by atoms with Gasteiger partial charge in [-0.15, -0.1) is 0 Å². The minimum atomic E-state index is 0.0234. The first-order valence-electron chi connectivity index (χ1n) is 5.16. The van der Waals surface area contributed by atoms with E-state index in [2.05, 4.69) is 0 Å². The number of ketones is 1. The summed E-state index contributed by atoms with van der Waals surface area (Å²) in [6.07, 6.45) is 0.778. The van der Waals surface area contributed by atoms with Crippen molar-refractivity contribution in [2.24, 2.45) is 0 Å². The van der Waals surface area contributed by atoms with Crippen LogP contribution in [0.1, 0.15) is 36.7 Å². The van der Waals surface area contributed by atoms with Gasteiger partial charge in [0, 0.05) is 11.8 Å². The summed E-state index contributed by atoms with van der Waals surface area (Å²) >= 11 is 0. The quantitative estimate of drug-likeness (QED) is 0.609. The van der Waals surface area contributed by atoms with E-state index in [9.17, 15) is 4.79 Å². The molecule has 1 aromatic rings. The summed E-state index contributed by atoms with van der Waals surface area (Å²) in [5.74, 6) is 0.622. The molecule has 0 aliphatic carbocycles. The number of carbonyl (C=O) groups excluding carboxylic acids is 1. The van der Waals surface area contributed by atoms with Gasteiger partial charge in [0.25, 0.3) is 0 Å². The van der Waals surface area contributed by atoms with Crippen LogP contribution in [0.5, 0.6) is 5.75 Å². The third-order valence-electron chi connectivity index (χ3n) is 2.24. The second-order valence-electron chi connectivity index (χ2n) is 3.40. The van der Waals surface area contributed by atoms with Gasteiger partial charge in [0.15, 0.2) is 5.78 Å². The van der Waals surface area contributed by atoms with Crippen molar-refractivity contribution >= 4 is 11.5 Å². The van der Waals surface area contributed by atoms with Crippen molar-refractivity contribution < 1.29 is 9.53 Å². The highest BCUT2D eigenvalue weighted by Crippen LogP contribution is 2.27. The lowest BCUT2D eigenvalue weighted by Gasteiger charge is -2.13. The zero-order valence-corrected chi connectivity index (χ0v) is 9.46. The SMILES string of the molecule is CCOc1cc(N)cc(CC)c1C(C)=O. The lowest BCUT2D eigenvalue weighted by molar-refractivity contribution is 0.101. The number of nitrogens with two attached hydrogens (primary N) is 1. The third-order valence-corrected chi connectivity index (χ3v) is 2.24. The van der Waals surface area contributed by atoms with Crippen molar-refractivity contribution in [1.29, 1.82) is 0 Å². The standard InChI is InChI=1S/C12H17NO2/c1-4-9-6-10(13)7-11(15-5-2)12(9)8(3)14/h6-7H,4-5,13H2,1-3H3. The molecule has 0 saturated carbocycles. The summed E-state index contributed by atoms with van der Waals surface area (Å²) in [6, 6.07) is 3.54. The zero-order valence-electron chi connectivity index (χ0n) is 9.46. The number of nitrogen functional groups attached to an aromatic ring is 1. The highest BCUT2D eigenvalue weighted by atomic mass is 16.5. The molecule has 15 heavy (non-hydrogen) atoms. The lowest BCUT2D eigenvalue weighted by Crippen LogP contribution is -2.06. The van der Waals surface area contributed by atoms with E-state index in [0.29, 0.717) is 23.6 Å². The topological polar surface area (TPSA) is 52.3 Å². The fraction of sp³-hybridized carbons (Fsp3) is 0.417. The van der Waals surface area contributed by atoms with Crippen molar-refractivity contribution in [2.45, 2.75) is 27.2 Å². The Morgan fingerprint density at radius 2 is 2.07 bits per heavy atom. The lowest BCUT2D eigenvalue weighted by atomic mass is 10.00. The van der Waals surface area contributed by atoms with Gasteiger partial charge in [0.2, 0.25) is 0 Å². The zero-order chi connectivity index (χ0) is 11.4. The minimum Gasteiger partial charge on any atom is -0.493 e. The van der Waals surface area contributed by atoms with E-state index < -0.39 is 0 Å². The first-order chi connectivity index (χ1) is 7.10. The molecule has 0 atom stereocenters. The number of aryl methyl sites for hydroxylation is 1. The fourth-order valence-corrected chi connectivity index (χ4v) is 1.64. The Morgan fingerprint density at radius 3 is 2.53 bits per heavy atom. The van der Waals surface area contributed by atoms with E-state index in [-0.39, 0.29) is 5.78 Å². The predicted octanol–water partition coefficient (Wildman–Crippen LogP) is 2.43. The number of Topliss-reactive ketones (excluding diaryl/α,β-unsaturated/α-hetero) is 1. The van der Waals surface area contributed by atoms with Crippen LogP contribution in [0, 0.1) is 0 Å². The van der Waals surface area contributed by atoms with Crippen LogP contribution in [0.4, 0.5) is 5.69 Å². The van der Waals surface area contributed by atoms with Crippen LogP contribution in [0.2, 0.25) is 0 Å². The molecular weight excluding hydrogens is 190 g/mol. The first kappa shape index (κ1) is 11.6. The molecule has 0 saturated heterocycles. The van der Waals surface area contributed by atoms with Crippen molar-refractivity contribution in [3.8, 4) is 5.75 Å². The maximum atomic E-state index is 11.5. The first-order valence-corrected chi connectivity index (χ1v) is 5.16. The molecule has 0 aliphatic heterocycles. The number of hydrogen-bond donors (Lipinski definition) is 1. The molecule has 0 unspecified atom stereocenters. The average molecular weight is 207 g/mol. The van der Waals surface area contributed by atoms with E-state index in [1.807, 2.05) is 19.9 Å². The van der Waals surface area contributed by atoms with E-state index >= 15 is 0 Å². The van der Waals surface area contributed by atoms with Crippen LogP contribution in [0.15, 0.2) is 12.1 Å². The molecule has 82 valence electrons. The van der Waals surface area contributed by atoms with Crippen molar-refractivity contribution in [3.63, 3.8) is 0 Å². The van der Waals surface area contributed by atoms with Crippen molar-refractivity contribution in [3.05, 3.63) is 23.3 Å². The van der Waals surface area contributed by atoms with Crippen molar-refractivity contribution in [1.82, 2.24) is 0 Å². The van der Waals surface area contributed by atoms with Gasteiger partial charge in [-0.2, -0.15) is 0 Å². The Labute approximate surface area is 90.2 Å². The van der Waals surface area contributed by atoms with Crippen LogP contribution in [0.3, 0.4) is 0 Å². The third kappa shape index (κ3) is 2.49. The molecule has 0 aliphatic rings. The second kappa shape index (κ2) is 4.82. The normalized spacial score (nSPS) is 10.1. The van der Waals surface area contributed by atoms with Gasteiger partial charge in [-0.3, -0.25) is 4.79 Å². The maximum Gasteiger partial charge on any atom is 0.163 e. The molecule has 0 radical (unpaired) electrons. The summed E-state index contributed by atoms with van der Waals surface area (Å²) in [6.45, 7) is 5.97. The van der Waals surface area contributed by atoms with Gasteiger partial charge in [-0.25, -0.2) is 0 Å². The van der Waals surface area contributed by atoms with Crippen LogP contribution in [-0.4, -0.2) is 12.4 Å². The molecule has 0 bridgehead atoms. The van der Waals surface area contributed by atoms with Gasteiger partial charge in [-0.05, 0) is 31.9 Å². The van der Waals surface area contributed by atoms with Gasteiger partial charge in [0.05, 0.1) is 12.2 Å². The molecule has 3 nitrogen and oxygen atoms in total. The number of anilines is 1. The molecular formula is C12H17NO2. The Bertz CT molecular complexity index is 372. The van der Waals surface area contributed by atoms with Crippen LogP contribution in [0.25, 0.3) is 0 Å². The van der Waals surface area contributed by atoms with Crippen LogP contribution >= 0.6 is 0 Å². The van der Waals surface area contributed by atoms with Gasteiger partial charge < -0.3 is 10.5 Å². The molecule has 1 rings (SSSR count). The molecule has 0 fully saturated rings. The number of ether oxygens (including phenoxy) is 1. The van der Waals surface area contributed by atoms with Crippen molar-refractivity contribution in [2.75, 3.05) is 12.3 Å². The Hall–Kier alpha value is -1.51. The summed E-state index contributed by atoms with van der Waals surface area (Å²) in [5.41, 5.74) is 7.99. The summed E-state index contributed by atoms with van der Waals surface area (Å²) in [4.78, 5) is 11.5. The molecule has 0 spiro atoms. The predicted molar refractivity (Wildman–Crippen MR) is 61.4 cm³/mol. The fourth-order valence-electron chi connectivity index (χ4n) is 1.64. The molecule has 0 heterocycles. The Kier molecular flexibility index (Phi) is 3.72. The summed E-state index contributed by atoms with van der Waals surface area (Å²) < 4.78 is 5.42. The number of hydrogen-bond acceptors (Lipinski definition) is 3. The summed E-state index contributed by atoms with van der Waals surface area (Å²) in [5, 5.41) is 0. The number of carbonyl (C=O) groups is 1. The van der Waals surface area contributed by atoms with Gasteiger partial charge >= 0.3 is 0 Å².